The number of rotatable bonds is 6. The number of ether oxygens (including phenoxy) is 1. The molecule has 0 radical (unpaired) electrons. The first kappa shape index (κ1) is 14.6. The lowest BCUT2D eigenvalue weighted by atomic mass is 10.0. The second kappa shape index (κ2) is 7.11. The smallest absolute Gasteiger partial charge is 0.118 e. The van der Waals surface area contributed by atoms with Crippen LogP contribution in [0.2, 0.25) is 0 Å². The first-order chi connectivity index (χ1) is 9.67. The number of nitrogens with two attached hydrogens (primary N) is 1. The molecule has 2 heteroatoms. The summed E-state index contributed by atoms with van der Waals surface area (Å²) in [7, 11) is 1.69. The van der Waals surface area contributed by atoms with Crippen LogP contribution in [0, 0.1) is 0 Å². The number of aryl methyl sites for hydroxylation is 2. The summed E-state index contributed by atoms with van der Waals surface area (Å²) in [5, 5.41) is 0. The summed E-state index contributed by atoms with van der Waals surface area (Å²) in [6.45, 7) is 2.04. The molecule has 0 saturated heterocycles. The lowest BCUT2D eigenvalue weighted by Crippen LogP contribution is -2.17. The molecule has 0 amide bonds. The Kier molecular flexibility index (Phi) is 5.19. The fourth-order valence-electron chi connectivity index (χ4n) is 2.29. The highest BCUT2D eigenvalue weighted by Crippen LogP contribution is 2.14. The number of hydrogen-bond donors (Lipinski definition) is 1. The van der Waals surface area contributed by atoms with Crippen LogP contribution < -0.4 is 10.5 Å². The quantitative estimate of drug-likeness (QED) is 0.872. The summed E-state index contributed by atoms with van der Waals surface area (Å²) in [5.41, 5.74) is 9.83. The van der Waals surface area contributed by atoms with E-state index in [2.05, 4.69) is 36.4 Å². The van der Waals surface area contributed by atoms with Crippen LogP contribution in [0.5, 0.6) is 5.75 Å². The molecule has 0 aliphatic carbocycles. The van der Waals surface area contributed by atoms with Gasteiger partial charge in [-0.3, -0.25) is 0 Å². The van der Waals surface area contributed by atoms with Crippen LogP contribution in [0.15, 0.2) is 48.5 Å². The number of methoxy groups -OCH3 is 1. The molecule has 1 unspecified atom stereocenters. The molecular weight excluding hydrogens is 246 g/mol. The van der Waals surface area contributed by atoms with Crippen LogP contribution in [0.1, 0.15) is 23.6 Å². The molecule has 0 saturated carbocycles. The summed E-state index contributed by atoms with van der Waals surface area (Å²) in [6.07, 6.45) is 3.06. The van der Waals surface area contributed by atoms with E-state index in [1.54, 1.807) is 7.11 Å². The molecule has 20 heavy (non-hydrogen) atoms. The Labute approximate surface area is 121 Å². The standard InChI is InChI=1S/C18H23NO/c1-14(19)13-17-7-5-15(6-8-17)3-4-16-9-11-18(20-2)12-10-16/h5-12,14H,3-4,13,19H2,1-2H3. The molecule has 106 valence electrons. The molecule has 2 nitrogen and oxygen atoms in total. The number of hydrogen-bond acceptors (Lipinski definition) is 2. The highest BCUT2D eigenvalue weighted by atomic mass is 16.5. The molecule has 0 heterocycles. The maximum absolute atomic E-state index is 5.81. The Morgan fingerprint density at radius 1 is 0.850 bits per heavy atom. The van der Waals surface area contributed by atoms with Gasteiger partial charge >= 0.3 is 0 Å². The predicted octanol–water partition coefficient (Wildman–Crippen LogP) is 3.37. The minimum absolute atomic E-state index is 0.222. The fraction of sp³-hybridized carbons (Fsp3) is 0.333. The van der Waals surface area contributed by atoms with Crippen LogP contribution in [0.25, 0.3) is 0 Å². The maximum atomic E-state index is 5.81. The molecule has 0 aromatic heterocycles. The van der Waals surface area contributed by atoms with E-state index in [0.29, 0.717) is 0 Å². The van der Waals surface area contributed by atoms with Crippen molar-refractivity contribution in [2.45, 2.75) is 32.2 Å². The van der Waals surface area contributed by atoms with E-state index >= 15 is 0 Å². The van der Waals surface area contributed by atoms with Crippen molar-refractivity contribution in [2.24, 2.45) is 5.73 Å². The van der Waals surface area contributed by atoms with E-state index < -0.39 is 0 Å². The lowest BCUT2D eigenvalue weighted by molar-refractivity contribution is 0.414. The van der Waals surface area contributed by atoms with Gasteiger partial charge in [0.05, 0.1) is 7.11 Å². The van der Waals surface area contributed by atoms with Crippen molar-refractivity contribution in [2.75, 3.05) is 7.11 Å². The third-order valence-corrected chi connectivity index (χ3v) is 3.44. The molecular formula is C18H23NO. The summed E-state index contributed by atoms with van der Waals surface area (Å²) < 4.78 is 5.17. The number of benzene rings is 2. The zero-order valence-electron chi connectivity index (χ0n) is 12.3. The minimum Gasteiger partial charge on any atom is -0.497 e. The summed E-state index contributed by atoms with van der Waals surface area (Å²) in [6, 6.07) is 17.3. The van der Waals surface area contributed by atoms with Gasteiger partial charge in [-0.1, -0.05) is 36.4 Å². The molecule has 2 aromatic carbocycles. The van der Waals surface area contributed by atoms with Gasteiger partial charge in [0.15, 0.2) is 0 Å². The van der Waals surface area contributed by atoms with Crippen molar-refractivity contribution >= 4 is 0 Å². The van der Waals surface area contributed by atoms with Gasteiger partial charge in [0.2, 0.25) is 0 Å². The summed E-state index contributed by atoms with van der Waals surface area (Å²) in [5.74, 6) is 0.911. The SMILES string of the molecule is COc1ccc(CCc2ccc(CC(C)N)cc2)cc1. The zero-order valence-corrected chi connectivity index (χ0v) is 12.3. The van der Waals surface area contributed by atoms with Crippen molar-refractivity contribution in [1.82, 2.24) is 0 Å². The third kappa shape index (κ3) is 4.39. The third-order valence-electron chi connectivity index (χ3n) is 3.44. The van der Waals surface area contributed by atoms with Gasteiger partial charge < -0.3 is 10.5 Å². The van der Waals surface area contributed by atoms with Gasteiger partial charge in [0.25, 0.3) is 0 Å². The molecule has 0 fully saturated rings. The van der Waals surface area contributed by atoms with Crippen molar-refractivity contribution in [1.29, 1.82) is 0 Å². The molecule has 2 aromatic rings. The van der Waals surface area contributed by atoms with Crippen LogP contribution in [-0.4, -0.2) is 13.2 Å². The van der Waals surface area contributed by atoms with Crippen molar-refractivity contribution in [3.63, 3.8) is 0 Å². The van der Waals surface area contributed by atoms with Crippen molar-refractivity contribution in [3.05, 3.63) is 65.2 Å². The van der Waals surface area contributed by atoms with Crippen LogP contribution in [0.3, 0.4) is 0 Å². The minimum atomic E-state index is 0.222. The van der Waals surface area contributed by atoms with E-state index in [9.17, 15) is 0 Å². The first-order valence-corrected chi connectivity index (χ1v) is 7.13. The Morgan fingerprint density at radius 3 is 1.75 bits per heavy atom. The molecule has 0 aliphatic rings. The average Bonchev–Trinajstić information content (AvgIpc) is 2.46. The Morgan fingerprint density at radius 2 is 1.30 bits per heavy atom. The largest absolute Gasteiger partial charge is 0.497 e. The predicted molar refractivity (Wildman–Crippen MR) is 84.2 cm³/mol. The Balaban J connectivity index is 1.89. The molecule has 1 atom stereocenters. The molecule has 2 N–H and O–H groups in total. The maximum Gasteiger partial charge on any atom is 0.118 e. The van der Waals surface area contributed by atoms with Gasteiger partial charge in [-0.15, -0.1) is 0 Å². The second-order valence-electron chi connectivity index (χ2n) is 5.35. The molecule has 2 rings (SSSR count). The van der Waals surface area contributed by atoms with E-state index in [1.165, 1.54) is 16.7 Å². The van der Waals surface area contributed by atoms with Crippen LogP contribution in [0.4, 0.5) is 0 Å². The molecule has 0 spiro atoms. The van der Waals surface area contributed by atoms with Gasteiger partial charge in [-0.2, -0.15) is 0 Å². The normalized spacial score (nSPS) is 12.2. The first-order valence-electron chi connectivity index (χ1n) is 7.13. The van der Waals surface area contributed by atoms with Crippen LogP contribution in [-0.2, 0) is 19.3 Å². The topological polar surface area (TPSA) is 35.2 Å². The summed E-state index contributed by atoms with van der Waals surface area (Å²) in [4.78, 5) is 0. The van der Waals surface area contributed by atoms with Gasteiger partial charge in [0, 0.05) is 6.04 Å². The summed E-state index contributed by atoms with van der Waals surface area (Å²) >= 11 is 0. The van der Waals surface area contributed by atoms with Gasteiger partial charge in [-0.25, -0.2) is 0 Å². The van der Waals surface area contributed by atoms with E-state index in [4.69, 9.17) is 10.5 Å². The Bertz CT molecular complexity index is 514. The molecule has 0 aliphatic heterocycles. The highest BCUT2D eigenvalue weighted by molar-refractivity contribution is 5.29. The average molecular weight is 269 g/mol. The zero-order chi connectivity index (χ0) is 14.4. The van der Waals surface area contributed by atoms with Gasteiger partial charge in [0.1, 0.15) is 5.75 Å². The Hall–Kier alpha value is -1.80. The highest BCUT2D eigenvalue weighted by Gasteiger charge is 2.00. The van der Waals surface area contributed by atoms with E-state index in [1.807, 2.05) is 19.1 Å². The fourth-order valence-corrected chi connectivity index (χ4v) is 2.29. The van der Waals surface area contributed by atoms with Crippen LogP contribution >= 0.6 is 0 Å². The van der Waals surface area contributed by atoms with Crippen molar-refractivity contribution < 1.29 is 4.74 Å². The van der Waals surface area contributed by atoms with E-state index in [0.717, 1.165) is 25.0 Å². The second-order valence-corrected chi connectivity index (χ2v) is 5.35. The lowest BCUT2D eigenvalue weighted by Gasteiger charge is -2.07. The van der Waals surface area contributed by atoms with Crippen molar-refractivity contribution in [3.8, 4) is 5.75 Å². The van der Waals surface area contributed by atoms with Gasteiger partial charge in [-0.05, 0) is 55.0 Å². The molecule has 0 bridgehead atoms. The van der Waals surface area contributed by atoms with E-state index in [-0.39, 0.29) is 6.04 Å². The monoisotopic (exact) mass is 269 g/mol.